The zero-order valence-electron chi connectivity index (χ0n) is 18.5. The Morgan fingerprint density at radius 1 is 1.47 bits per heavy atom. The molecular weight excluding hydrogens is 438 g/mol. The maximum atomic E-state index is 12.1. The largest absolute Gasteiger partial charge is 0.463 e. The van der Waals surface area contributed by atoms with E-state index in [-0.39, 0.29) is 42.3 Å². The summed E-state index contributed by atoms with van der Waals surface area (Å²) in [6.45, 7) is 5.02. The summed E-state index contributed by atoms with van der Waals surface area (Å²) in [5, 5.41) is 12.3. The summed E-state index contributed by atoms with van der Waals surface area (Å²) in [5.41, 5.74) is 1.02. The molecule has 1 aromatic rings. The second-order valence-electron chi connectivity index (χ2n) is 7.99. The first kappa shape index (κ1) is 24.2. The van der Waals surface area contributed by atoms with E-state index in [1.165, 1.54) is 0 Å². The molecule has 2 aliphatic rings. The van der Waals surface area contributed by atoms with E-state index in [1.54, 1.807) is 12.3 Å². The highest BCUT2D eigenvalue weighted by atomic mass is 35.5. The molecule has 0 radical (unpaired) electrons. The average Bonchev–Trinajstić information content (AvgIpc) is 3.29. The molecule has 1 saturated heterocycles. The zero-order valence-corrected chi connectivity index (χ0v) is 19.3. The maximum Gasteiger partial charge on any atom is 0.307 e. The third kappa shape index (κ3) is 6.54. The highest BCUT2D eigenvalue weighted by Crippen LogP contribution is 2.24. The summed E-state index contributed by atoms with van der Waals surface area (Å²) in [6, 6.07) is 3.57. The molecule has 0 N–H and O–H groups in total. The summed E-state index contributed by atoms with van der Waals surface area (Å²) in [6.07, 6.45) is 3.74. The van der Waals surface area contributed by atoms with Crippen LogP contribution in [0.15, 0.2) is 29.8 Å². The number of hydrogen-bond acceptors (Lipinski definition) is 9. The minimum absolute atomic E-state index is 0.0116. The van der Waals surface area contributed by atoms with Crippen molar-refractivity contribution in [3.63, 3.8) is 0 Å². The zero-order chi connectivity index (χ0) is 23.1. The molecule has 2 aliphatic heterocycles. The van der Waals surface area contributed by atoms with Crippen LogP contribution in [0.25, 0.3) is 0 Å². The first-order valence-electron chi connectivity index (χ1n) is 10.8. The molecule has 1 unspecified atom stereocenters. The lowest BCUT2D eigenvalue weighted by Crippen LogP contribution is -2.48. The van der Waals surface area contributed by atoms with Crippen molar-refractivity contribution < 1.29 is 19.2 Å². The second-order valence-corrected chi connectivity index (χ2v) is 8.38. The van der Waals surface area contributed by atoms with Gasteiger partial charge in [0.1, 0.15) is 11.8 Å². The van der Waals surface area contributed by atoms with Crippen LogP contribution >= 0.6 is 11.6 Å². The molecular formula is C21H30ClN5O5. The molecule has 0 aromatic carbocycles. The SMILES string of the molecule is CCN(Cc1ccc(Cl)nc1)C1=C([N+](=O)[O-])CN(CCC(=O)OCC2CCCO2)CN1C. The number of nitro groups is 1. The van der Waals surface area contributed by atoms with Gasteiger partial charge in [0.25, 0.3) is 5.70 Å². The Morgan fingerprint density at radius 2 is 2.28 bits per heavy atom. The van der Waals surface area contributed by atoms with E-state index in [0.717, 1.165) is 18.4 Å². The van der Waals surface area contributed by atoms with Crippen molar-refractivity contribution in [3.05, 3.63) is 50.7 Å². The first-order chi connectivity index (χ1) is 15.4. The van der Waals surface area contributed by atoms with Gasteiger partial charge >= 0.3 is 5.97 Å². The van der Waals surface area contributed by atoms with Crippen molar-refractivity contribution in [2.24, 2.45) is 0 Å². The number of esters is 1. The molecule has 11 heteroatoms. The summed E-state index contributed by atoms with van der Waals surface area (Å²) < 4.78 is 10.8. The minimum Gasteiger partial charge on any atom is -0.463 e. The number of hydrogen-bond donors (Lipinski definition) is 0. The lowest BCUT2D eigenvalue weighted by atomic mass is 10.2. The topological polar surface area (TPSA) is 101 Å². The van der Waals surface area contributed by atoms with Gasteiger partial charge in [-0.1, -0.05) is 17.7 Å². The van der Waals surface area contributed by atoms with Crippen LogP contribution in [-0.2, 0) is 20.8 Å². The van der Waals surface area contributed by atoms with Crippen LogP contribution in [0.4, 0.5) is 0 Å². The van der Waals surface area contributed by atoms with E-state index >= 15 is 0 Å². The third-order valence-electron chi connectivity index (χ3n) is 5.56. The quantitative estimate of drug-likeness (QED) is 0.222. The van der Waals surface area contributed by atoms with Gasteiger partial charge in [-0.2, -0.15) is 0 Å². The highest BCUT2D eigenvalue weighted by molar-refractivity contribution is 6.29. The Balaban J connectivity index is 1.62. The molecule has 3 rings (SSSR count). The average molecular weight is 468 g/mol. The lowest BCUT2D eigenvalue weighted by Gasteiger charge is -2.39. The van der Waals surface area contributed by atoms with Crippen molar-refractivity contribution in [1.82, 2.24) is 19.7 Å². The van der Waals surface area contributed by atoms with Gasteiger partial charge in [-0.05, 0) is 31.4 Å². The number of carbonyl (C=O) groups is 1. The van der Waals surface area contributed by atoms with Gasteiger partial charge in [-0.3, -0.25) is 19.8 Å². The Kier molecular flexibility index (Phi) is 8.66. The summed E-state index contributed by atoms with van der Waals surface area (Å²) >= 11 is 5.86. The van der Waals surface area contributed by atoms with Gasteiger partial charge in [-0.25, -0.2) is 4.98 Å². The van der Waals surface area contributed by atoms with Gasteiger partial charge < -0.3 is 19.3 Å². The minimum atomic E-state index is -0.337. The van der Waals surface area contributed by atoms with E-state index in [0.29, 0.717) is 43.9 Å². The third-order valence-corrected chi connectivity index (χ3v) is 5.78. The van der Waals surface area contributed by atoms with Crippen LogP contribution in [0, 0.1) is 10.1 Å². The van der Waals surface area contributed by atoms with E-state index < -0.39 is 0 Å². The number of carbonyl (C=O) groups excluding carboxylic acids is 1. The number of halogens is 1. The van der Waals surface area contributed by atoms with Gasteiger partial charge in [-0.15, -0.1) is 0 Å². The summed E-state index contributed by atoms with van der Waals surface area (Å²) in [7, 11) is 1.82. The van der Waals surface area contributed by atoms with E-state index in [4.69, 9.17) is 21.1 Å². The van der Waals surface area contributed by atoms with Crippen molar-refractivity contribution in [2.45, 2.75) is 38.8 Å². The van der Waals surface area contributed by atoms with Crippen molar-refractivity contribution in [1.29, 1.82) is 0 Å². The molecule has 176 valence electrons. The molecule has 3 heterocycles. The van der Waals surface area contributed by atoms with Crippen molar-refractivity contribution >= 4 is 17.6 Å². The summed E-state index contributed by atoms with van der Waals surface area (Å²) in [4.78, 5) is 33.4. The smallest absolute Gasteiger partial charge is 0.307 e. The second kappa shape index (κ2) is 11.4. The van der Waals surface area contributed by atoms with Crippen molar-refractivity contribution in [3.8, 4) is 0 Å². The molecule has 0 aliphatic carbocycles. The van der Waals surface area contributed by atoms with Gasteiger partial charge in [0.05, 0.1) is 30.7 Å². The number of rotatable bonds is 10. The van der Waals surface area contributed by atoms with Gasteiger partial charge in [0, 0.05) is 39.5 Å². The number of aromatic nitrogens is 1. The Hall–Kier alpha value is -2.43. The van der Waals surface area contributed by atoms with Crippen molar-refractivity contribution in [2.75, 3.05) is 46.6 Å². The monoisotopic (exact) mass is 467 g/mol. The fraction of sp³-hybridized carbons (Fsp3) is 0.619. The van der Waals surface area contributed by atoms with E-state index in [2.05, 4.69) is 4.98 Å². The molecule has 1 fully saturated rings. The van der Waals surface area contributed by atoms with Crippen LogP contribution in [0.3, 0.4) is 0 Å². The molecule has 1 atom stereocenters. The summed E-state index contributed by atoms with van der Waals surface area (Å²) in [5.74, 6) is 0.260. The predicted molar refractivity (Wildman–Crippen MR) is 118 cm³/mol. The van der Waals surface area contributed by atoms with E-state index in [1.807, 2.05) is 34.7 Å². The molecule has 1 aromatic heterocycles. The number of ether oxygens (including phenoxy) is 2. The Labute approximate surface area is 192 Å². The van der Waals surface area contributed by atoms with Crippen LogP contribution in [-0.4, -0.2) is 83.2 Å². The molecule has 0 amide bonds. The lowest BCUT2D eigenvalue weighted by molar-refractivity contribution is -0.433. The fourth-order valence-electron chi connectivity index (χ4n) is 3.97. The van der Waals surface area contributed by atoms with Gasteiger partial charge in [0.15, 0.2) is 5.82 Å². The Morgan fingerprint density at radius 3 is 2.91 bits per heavy atom. The van der Waals surface area contributed by atoms with Crippen LogP contribution < -0.4 is 0 Å². The first-order valence-corrected chi connectivity index (χ1v) is 11.2. The molecule has 0 spiro atoms. The molecule has 10 nitrogen and oxygen atoms in total. The van der Waals surface area contributed by atoms with E-state index in [9.17, 15) is 14.9 Å². The maximum absolute atomic E-state index is 12.1. The standard InChI is InChI=1S/C21H30ClN5O5/c1-3-26(12-16-6-7-19(22)23-11-16)21-18(27(29)30)13-25(15-24(21)2)9-8-20(28)32-14-17-5-4-10-31-17/h6-7,11,17H,3-5,8-10,12-15H2,1-2H3. The molecule has 32 heavy (non-hydrogen) atoms. The highest BCUT2D eigenvalue weighted by Gasteiger charge is 2.34. The number of nitrogens with zero attached hydrogens (tertiary/aromatic N) is 5. The predicted octanol–water partition coefficient (Wildman–Crippen LogP) is 2.32. The molecule has 0 saturated carbocycles. The normalized spacial score (nSPS) is 19.3. The fourth-order valence-corrected chi connectivity index (χ4v) is 4.08. The van der Waals surface area contributed by atoms with Crippen LogP contribution in [0.2, 0.25) is 5.15 Å². The molecule has 0 bridgehead atoms. The van der Waals surface area contributed by atoms with Crippen LogP contribution in [0.5, 0.6) is 0 Å². The number of pyridine rings is 1. The Bertz CT molecular complexity index is 828. The van der Waals surface area contributed by atoms with Crippen LogP contribution in [0.1, 0.15) is 31.7 Å². The van der Waals surface area contributed by atoms with Gasteiger partial charge in [0.2, 0.25) is 0 Å².